The number of esters is 1. The molecule has 0 unspecified atom stereocenters. The molecule has 0 aromatic rings. The largest absolute Gasteiger partial charge is 0.432 e. The van der Waals surface area contributed by atoms with Gasteiger partial charge < -0.3 is 54.7 Å². The molecule has 7 rings (SSSR count). The first-order valence-corrected chi connectivity index (χ1v) is 22.4. The second-order valence-electron chi connectivity index (χ2n) is 20.4. The number of rotatable bonds is 7. The number of allylic oxidation sites excluding steroid dienone is 1. The van der Waals surface area contributed by atoms with Gasteiger partial charge in [0.1, 0.15) is 36.6 Å². The standard InChI is InChI=1S/C41H66O16S/c1-20-10-15-41(35(48)56-33-30(47)29(46)28(45)23(18-42)54-33)17-16-38(5)21(32(41)40(20,7)49)8-9-25-37(4)13-12-26(36(2,3)24(37)11-14-39(25,38)6)55-34-31(57-58(50,51)52)27(44)22(43)19-53-34/h8,20,22-34,42-47,49H,9-19H2,1-7H3,(H,50,51,52)/t20-,22-,23+,24-,25+,26-,27-,28+,29-,30+,31+,32+,33-,34-,37-,38+,39+,40+,41-/m0/s1. The molecule has 0 bridgehead atoms. The van der Waals surface area contributed by atoms with E-state index in [2.05, 4.69) is 40.7 Å². The molecule has 58 heavy (non-hydrogen) atoms. The zero-order chi connectivity index (χ0) is 42.8. The van der Waals surface area contributed by atoms with Gasteiger partial charge in [0.05, 0.1) is 30.3 Å². The van der Waals surface area contributed by atoms with Gasteiger partial charge in [-0.25, -0.2) is 4.18 Å². The van der Waals surface area contributed by atoms with Crippen molar-refractivity contribution < 1.29 is 76.6 Å². The van der Waals surface area contributed by atoms with E-state index in [1.807, 2.05) is 13.8 Å². The monoisotopic (exact) mass is 846 g/mol. The fourth-order valence-corrected chi connectivity index (χ4v) is 14.2. The predicted molar refractivity (Wildman–Crippen MR) is 203 cm³/mol. The van der Waals surface area contributed by atoms with E-state index in [1.165, 1.54) is 0 Å². The van der Waals surface area contributed by atoms with Crippen molar-refractivity contribution in [2.45, 2.75) is 173 Å². The minimum absolute atomic E-state index is 0.143. The molecule has 0 aromatic carbocycles. The van der Waals surface area contributed by atoms with E-state index >= 15 is 0 Å². The lowest BCUT2D eigenvalue weighted by atomic mass is 9.33. The van der Waals surface area contributed by atoms with Crippen LogP contribution in [0.4, 0.5) is 0 Å². The second-order valence-corrected chi connectivity index (χ2v) is 21.4. The quantitative estimate of drug-likeness (QED) is 0.0786. The summed E-state index contributed by atoms with van der Waals surface area (Å²) in [4.78, 5) is 14.6. The van der Waals surface area contributed by atoms with E-state index < -0.39 is 112 Å². The maximum absolute atomic E-state index is 14.6. The molecule has 19 atom stereocenters. The Labute approximate surface area is 341 Å². The highest BCUT2D eigenvalue weighted by atomic mass is 32.3. The Morgan fingerprint density at radius 1 is 0.862 bits per heavy atom. The number of carbonyl (C=O) groups is 1. The van der Waals surface area contributed by atoms with E-state index in [4.69, 9.17) is 23.1 Å². The Morgan fingerprint density at radius 3 is 2.21 bits per heavy atom. The van der Waals surface area contributed by atoms with Gasteiger partial charge in [0.2, 0.25) is 6.29 Å². The average Bonchev–Trinajstić information content (AvgIpc) is 3.13. The van der Waals surface area contributed by atoms with Crippen molar-refractivity contribution in [3.8, 4) is 0 Å². The maximum atomic E-state index is 14.6. The van der Waals surface area contributed by atoms with Crippen LogP contribution in [-0.2, 0) is 38.3 Å². The average molecular weight is 847 g/mol. The molecule has 2 heterocycles. The lowest BCUT2D eigenvalue weighted by Crippen LogP contribution is -2.68. The number of hydrogen-bond donors (Lipinski definition) is 8. The third-order valence-electron chi connectivity index (χ3n) is 17.4. The van der Waals surface area contributed by atoms with Gasteiger partial charge in [-0.05, 0) is 104 Å². The van der Waals surface area contributed by atoms with Crippen molar-refractivity contribution in [1.82, 2.24) is 0 Å². The molecule has 2 saturated heterocycles. The third kappa shape index (κ3) is 6.67. The van der Waals surface area contributed by atoms with Crippen LogP contribution in [-0.4, -0.2) is 135 Å². The smallest absolute Gasteiger partial charge is 0.397 e. The molecule has 0 spiro atoms. The van der Waals surface area contributed by atoms with Crippen LogP contribution in [0, 0.1) is 50.7 Å². The van der Waals surface area contributed by atoms with Crippen LogP contribution in [0.1, 0.15) is 106 Å². The highest BCUT2D eigenvalue weighted by Gasteiger charge is 2.72. The molecule has 5 aliphatic carbocycles. The van der Waals surface area contributed by atoms with Crippen molar-refractivity contribution in [3.05, 3.63) is 11.6 Å². The summed E-state index contributed by atoms with van der Waals surface area (Å²) < 4.78 is 61.3. The lowest BCUT2D eigenvalue weighted by molar-refractivity contribution is -0.304. The molecular weight excluding hydrogens is 781 g/mol. The van der Waals surface area contributed by atoms with E-state index in [0.29, 0.717) is 38.5 Å². The summed E-state index contributed by atoms with van der Waals surface area (Å²) >= 11 is 0. The zero-order valence-corrected chi connectivity index (χ0v) is 35.5. The molecule has 17 heteroatoms. The van der Waals surface area contributed by atoms with Crippen LogP contribution >= 0.6 is 0 Å². The third-order valence-corrected chi connectivity index (χ3v) is 17.9. The van der Waals surface area contributed by atoms with E-state index in [9.17, 15) is 53.5 Å². The molecule has 0 radical (unpaired) electrons. The van der Waals surface area contributed by atoms with Crippen molar-refractivity contribution in [2.75, 3.05) is 13.2 Å². The second kappa shape index (κ2) is 14.9. The zero-order valence-electron chi connectivity index (χ0n) is 34.7. The summed E-state index contributed by atoms with van der Waals surface area (Å²) in [5.41, 5.74) is -2.76. The number of aliphatic hydroxyl groups excluding tert-OH is 6. The first-order valence-electron chi connectivity index (χ1n) is 21.0. The summed E-state index contributed by atoms with van der Waals surface area (Å²) in [6.07, 6.45) is -6.49. The molecule has 16 nitrogen and oxygen atoms in total. The summed E-state index contributed by atoms with van der Waals surface area (Å²) in [7, 11) is -5.01. The Balaban J connectivity index is 1.18. The Bertz CT molecular complexity index is 1720. The van der Waals surface area contributed by atoms with Gasteiger partial charge in [0, 0.05) is 5.92 Å². The maximum Gasteiger partial charge on any atom is 0.397 e. The highest BCUT2D eigenvalue weighted by Crippen LogP contribution is 2.76. The van der Waals surface area contributed by atoms with E-state index in [-0.39, 0.29) is 35.2 Å². The molecule has 4 saturated carbocycles. The molecule has 0 aromatic heterocycles. The number of ether oxygens (including phenoxy) is 4. The fraction of sp³-hybridized carbons (Fsp3) is 0.927. The Hall–Kier alpha value is -1.32. The number of carbonyl (C=O) groups excluding carboxylic acids is 1. The SMILES string of the molecule is C[C@H]1CC[C@]2(C(=O)O[C@@H]3O[C@H](CO)[C@@H](O)[C@H](O)[C@H]3O)CC[C@]3(C)C(=CC[C@@H]4[C@@]5(C)CC[C@H](O[C@@H]6OC[C@H](O)[C@H](O)[C@H]6OS(=O)(=O)O)C(C)(C)[C@@H]5CC[C@]43C)[C@@H]2[C@]1(C)O. The van der Waals surface area contributed by atoms with Crippen molar-refractivity contribution in [3.63, 3.8) is 0 Å². The van der Waals surface area contributed by atoms with Crippen molar-refractivity contribution in [1.29, 1.82) is 0 Å². The van der Waals surface area contributed by atoms with Crippen molar-refractivity contribution in [2.24, 2.45) is 50.7 Å². The van der Waals surface area contributed by atoms with Crippen LogP contribution in [0.25, 0.3) is 0 Å². The van der Waals surface area contributed by atoms with Gasteiger partial charge in [0.25, 0.3) is 0 Å². The topological polar surface area (TPSA) is 259 Å². The summed E-state index contributed by atoms with van der Waals surface area (Å²) in [5.74, 6) is -1.07. The Kier molecular flexibility index (Phi) is 11.5. The van der Waals surface area contributed by atoms with Gasteiger partial charge in [-0.2, -0.15) is 8.42 Å². The predicted octanol–water partition coefficient (Wildman–Crippen LogP) is 1.75. The minimum Gasteiger partial charge on any atom is -0.432 e. The van der Waals surface area contributed by atoms with E-state index in [0.717, 1.165) is 24.8 Å². The molecule has 6 fully saturated rings. The van der Waals surface area contributed by atoms with Gasteiger partial charge in [0.15, 0.2) is 12.4 Å². The number of aliphatic hydroxyl groups is 7. The van der Waals surface area contributed by atoms with E-state index in [1.54, 1.807) is 0 Å². The molecule has 0 amide bonds. The first kappa shape index (κ1) is 44.7. The van der Waals surface area contributed by atoms with Crippen LogP contribution in [0.15, 0.2) is 11.6 Å². The Morgan fingerprint density at radius 2 is 1.55 bits per heavy atom. The summed E-state index contributed by atoms with van der Waals surface area (Å²) in [6.45, 7) is 14.1. The van der Waals surface area contributed by atoms with Gasteiger partial charge in [-0.1, -0.05) is 53.2 Å². The van der Waals surface area contributed by atoms with Gasteiger partial charge in [-0.15, -0.1) is 0 Å². The molecule has 8 N–H and O–H groups in total. The molecular formula is C41H66O16S. The van der Waals surface area contributed by atoms with Gasteiger partial charge >= 0.3 is 16.4 Å². The van der Waals surface area contributed by atoms with Crippen molar-refractivity contribution >= 4 is 16.4 Å². The fourth-order valence-electron chi connectivity index (χ4n) is 13.7. The highest BCUT2D eigenvalue weighted by molar-refractivity contribution is 7.80. The normalized spacial score (nSPS) is 52.9. The molecule has 2 aliphatic heterocycles. The summed E-state index contributed by atoms with van der Waals surface area (Å²) in [5, 5.41) is 74.7. The molecule has 7 aliphatic rings. The van der Waals surface area contributed by atoms with Crippen LogP contribution in [0.3, 0.4) is 0 Å². The lowest BCUT2D eigenvalue weighted by Gasteiger charge is -2.72. The minimum atomic E-state index is -5.01. The molecule has 332 valence electrons. The van der Waals surface area contributed by atoms with Crippen LogP contribution in [0.5, 0.6) is 0 Å². The number of hydrogen-bond acceptors (Lipinski definition) is 15. The first-order chi connectivity index (χ1) is 26.8. The summed E-state index contributed by atoms with van der Waals surface area (Å²) in [6, 6.07) is 0. The number of fused-ring (bicyclic) bond motifs is 7. The van der Waals surface area contributed by atoms with Gasteiger partial charge in [-0.3, -0.25) is 9.35 Å². The van der Waals surface area contributed by atoms with Crippen LogP contribution < -0.4 is 0 Å². The van der Waals surface area contributed by atoms with Crippen LogP contribution in [0.2, 0.25) is 0 Å².